The van der Waals surface area contributed by atoms with E-state index in [-0.39, 0.29) is 24.3 Å². The maximum Gasteiger partial charge on any atom is 0.410 e. The summed E-state index contributed by atoms with van der Waals surface area (Å²) in [6.07, 6.45) is 3.85. The van der Waals surface area contributed by atoms with Crippen LogP contribution in [0.4, 0.5) is 4.79 Å². The van der Waals surface area contributed by atoms with Crippen LogP contribution in [0.1, 0.15) is 52.0 Å². The molecule has 3 rings (SSSR count). The molecule has 2 aliphatic rings. The van der Waals surface area contributed by atoms with E-state index in [1.807, 2.05) is 50.8 Å². The van der Waals surface area contributed by atoms with E-state index in [0.29, 0.717) is 13.2 Å². The number of carbonyl (C=O) groups is 1. The lowest BCUT2D eigenvalue weighted by Gasteiger charge is -2.39. The van der Waals surface area contributed by atoms with E-state index in [0.717, 1.165) is 41.5 Å². The van der Waals surface area contributed by atoms with Crippen molar-refractivity contribution < 1.29 is 19.0 Å². The SMILES string of the molecule is Cc1c(Br)cccc1OCCOC1CC2CCC(C1)N2C(=O)OC(C)(C)C. The Labute approximate surface area is 170 Å². The molecule has 0 saturated carbocycles. The Balaban J connectivity index is 1.45. The molecule has 0 radical (unpaired) electrons. The molecule has 2 saturated heterocycles. The van der Waals surface area contributed by atoms with Gasteiger partial charge in [-0.1, -0.05) is 22.0 Å². The van der Waals surface area contributed by atoms with Crippen LogP contribution in [0.25, 0.3) is 0 Å². The molecule has 1 aromatic carbocycles. The van der Waals surface area contributed by atoms with Crippen molar-refractivity contribution in [2.24, 2.45) is 0 Å². The minimum atomic E-state index is -0.453. The fourth-order valence-electron chi connectivity index (χ4n) is 3.99. The number of hydrogen-bond acceptors (Lipinski definition) is 4. The molecule has 2 heterocycles. The highest BCUT2D eigenvalue weighted by molar-refractivity contribution is 9.10. The first kappa shape index (κ1) is 20.5. The van der Waals surface area contributed by atoms with E-state index >= 15 is 0 Å². The predicted octanol–water partition coefficient (Wildman–Crippen LogP) is 5.08. The third-order valence-electron chi connectivity index (χ3n) is 5.21. The Morgan fingerprint density at radius 3 is 2.48 bits per heavy atom. The highest BCUT2D eigenvalue weighted by atomic mass is 79.9. The Hall–Kier alpha value is -1.27. The Bertz CT molecular complexity index is 659. The number of piperidine rings is 1. The van der Waals surface area contributed by atoms with E-state index in [2.05, 4.69) is 15.9 Å². The average Bonchev–Trinajstić information content (AvgIpc) is 2.85. The fourth-order valence-corrected chi connectivity index (χ4v) is 4.33. The van der Waals surface area contributed by atoms with Gasteiger partial charge in [-0.15, -0.1) is 0 Å². The van der Waals surface area contributed by atoms with Crippen LogP contribution in [-0.4, -0.2) is 48.0 Å². The van der Waals surface area contributed by atoms with Crippen molar-refractivity contribution in [1.82, 2.24) is 4.90 Å². The summed E-state index contributed by atoms with van der Waals surface area (Å²) in [5, 5.41) is 0. The zero-order chi connectivity index (χ0) is 19.6. The lowest BCUT2D eigenvalue weighted by atomic mass is 10.0. The van der Waals surface area contributed by atoms with Crippen LogP contribution in [-0.2, 0) is 9.47 Å². The molecule has 5 nitrogen and oxygen atoms in total. The summed E-state index contributed by atoms with van der Waals surface area (Å²) in [6, 6.07) is 6.41. The summed E-state index contributed by atoms with van der Waals surface area (Å²) >= 11 is 3.52. The minimum absolute atomic E-state index is 0.179. The Morgan fingerprint density at radius 1 is 1.19 bits per heavy atom. The minimum Gasteiger partial charge on any atom is -0.491 e. The summed E-state index contributed by atoms with van der Waals surface area (Å²) in [5.41, 5.74) is 0.646. The van der Waals surface area contributed by atoms with Crippen molar-refractivity contribution in [3.63, 3.8) is 0 Å². The van der Waals surface area contributed by atoms with E-state index in [4.69, 9.17) is 14.2 Å². The van der Waals surface area contributed by atoms with Gasteiger partial charge in [-0.2, -0.15) is 0 Å². The summed E-state index contributed by atoms with van der Waals surface area (Å²) < 4.78 is 18.6. The lowest BCUT2D eigenvalue weighted by Crippen LogP contribution is -2.50. The van der Waals surface area contributed by atoms with Crippen molar-refractivity contribution in [2.45, 2.75) is 77.2 Å². The van der Waals surface area contributed by atoms with Gasteiger partial charge in [0.05, 0.1) is 12.7 Å². The molecule has 0 N–H and O–H groups in total. The number of carbonyl (C=O) groups excluding carboxylic acids is 1. The molecule has 1 amide bonds. The number of fused-ring (bicyclic) bond motifs is 2. The zero-order valence-electron chi connectivity index (χ0n) is 16.7. The first-order valence-corrected chi connectivity index (χ1v) is 10.5. The fraction of sp³-hybridized carbons (Fsp3) is 0.667. The van der Waals surface area contributed by atoms with Gasteiger partial charge in [0.2, 0.25) is 0 Å². The van der Waals surface area contributed by atoms with Crippen molar-refractivity contribution in [2.75, 3.05) is 13.2 Å². The zero-order valence-corrected chi connectivity index (χ0v) is 18.3. The predicted molar refractivity (Wildman–Crippen MR) is 108 cm³/mol. The summed E-state index contributed by atoms with van der Waals surface area (Å²) in [4.78, 5) is 14.4. The van der Waals surface area contributed by atoms with E-state index in [9.17, 15) is 4.79 Å². The van der Waals surface area contributed by atoms with Crippen molar-refractivity contribution in [1.29, 1.82) is 0 Å². The second-order valence-electron chi connectivity index (χ2n) is 8.45. The van der Waals surface area contributed by atoms with Gasteiger partial charge in [-0.25, -0.2) is 4.79 Å². The molecule has 0 aromatic heterocycles. The van der Waals surface area contributed by atoms with Gasteiger partial charge >= 0.3 is 6.09 Å². The second-order valence-corrected chi connectivity index (χ2v) is 9.30. The van der Waals surface area contributed by atoms with Crippen LogP contribution >= 0.6 is 15.9 Å². The number of ether oxygens (including phenoxy) is 3. The number of amides is 1. The first-order chi connectivity index (χ1) is 12.7. The average molecular weight is 440 g/mol. The van der Waals surface area contributed by atoms with Gasteiger partial charge in [0, 0.05) is 22.1 Å². The third kappa shape index (κ3) is 5.17. The quantitative estimate of drug-likeness (QED) is 0.599. The van der Waals surface area contributed by atoms with Gasteiger partial charge in [-0.05, 0) is 65.5 Å². The van der Waals surface area contributed by atoms with Crippen molar-refractivity contribution in [3.05, 3.63) is 28.2 Å². The highest BCUT2D eigenvalue weighted by Crippen LogP contribution is 2.38. The molecular weight excluding hydrogens is 410 g/mol. The summed E-state index contributed by atoms with van der Waals surface area (Å²) in [7, 11) is 0. The Morgan fingerprint density at radius 2 is 1.85 bits per heavy atom. The molecule has 2 bridgehead atoms. The van der Waals surface area contributed by atoms with Crippen LogP contribution in [0.15, 0.2) is 22.7 Å². The molecule has 27 heavy (non-hydrogen) atoms. The third-order valence-corrected chi connectivity index (χ3v) is 6.07. The smallest absolute Gasteiger partial charge is 0.410 e. The van der Waals surface area contributed by atoms with Crippen molar-refractivity contribution >= 4 is 22.0 Å². The van der Waals surface area contributed by atoms with Gasteiger partial charge < -0.3 is 19.1 Å². The van der Waals surface area contributed by atoms with Gasteiger partial charge in [-0.3, -0.25) is 0 Å². The van der Waals surface area contributed by atoms with E-state index < -0.39 is 5.60 Å². The molecule has 2 atom stereocenters. The number of hydrogen-bond donors (Lipinski definition) is 0. The van der Waals surface area contributed by atoms with Gasteiger partial charge in [0.15, 0.2) is 0 Å². The maximum atomic E-state index is 12.5. The molecule has 1 aromatic rings. The standard InChI is InChI=1S/C21H30BrNO4/c1-14-18(22)6-5-7-19(14)26-11-10-25-17-12-15-8-9-16(13-17)23(15)20(24)27-21(2,3)4/h5-7,15-17H,8-13H2,1-4H3. The molecule has 2 unspecified atom stereocenters. The normalized spacial score (nSPS) is 24.8. The van der Waals surface area contributed by atoms with Gasteiger partial charge in [0.1, 0.15) is 18.0 Å². The monoisotopic (exact) mass is 439 g/mol. The lowest BCUT2D eigenvalue weighted by molar-refractivity contribution is -0.0395. The summed E-state index contributed by atoms with van der Waals surface area (Å²) in [5.74, 6) is 0.882. The van der Waals surface area contributed by atoms with Crippen molar-refractivity contribution in [3.8, 4) is 5.75 Å². The van der Waals surface area contributed by atoms with Crippen LogP contribution in [0.2, 0.25) is 0 Å². The van der Waals surface area contributed by atoms with E-state index in [1.165, 1.54) is 0 Å². The maximum absolute atomic E-state index is 12.5. The van der Waals surface area contributed by atoms with Crippen LogP contribution in [0, 0.1) is 6.92 Å². The van der Waals surface area contributed by atoms with Crippen LogP contribution in [0.3, 0.4) is 0 Å². The molecule has 150 valence electrons. The van der Waals surface area contributed by atoms with Gasteiger partial charge in [0.25, 0.3) is 0 Å². The Kier molecular flexibility index (Phi) is 6.36. The van der Waals surface area contributed by atoms with Crippen LogP contribution < -0.4 is 4.74 Å². The number of nitrogens with zero attached hydrogens (tertiary/aromatic N) is 1. The number of rotatable bonds is 5. The van der Waals surface area contributed by atoms with Crippen LogP contribution in [0.5, 0.6) is 5.75 Å². The number of benzene rings is 1. The summed E-state index contributed by atoms with van der Waals surface area (Å²) in [6.45, 7) is 8.85. The molecule has 0 spiro atoms. The number of halogens is 1. The molecule has 2 fully saturated rings. The highest BCUT2D eigenvalue weighted by Gasteiger charge is 2.45. The topological polar surface area (TPSA) is 48.0 Å². The largest absolute Gasteiger partial charge is 0.491 e. The molecule has 0 aliphatic carbocycles. The van der Waals surface area contributed by atoms with E-state index in [1.54, 1.807) is 0 Å². The second kappa shape index (κ2) is 8.39. The molecular formula is C21H30BrNO4. The molecule has 2 aliphatic heterocycles. The molecule has 6 heteroatoms. The first-order valence-electron chi connectivity index (χ1n) is 9.75.